The van der Waals surface area contributed by atoms with Gasteiger partial charge in [-0.2, -0.15) is 0 Å². The summed E-state index contributed by atoms with van der Waals surface area (Å²) in [6.07, 6.45) is 3.13. The van der Waals surface area contributed by atoms with Crippen molar-refractivity contribution in [3.05, 3.63) is 63.9 Å². The van der Waals surface area contributed by atoms with Gasteiger partial charge in [-0.15, -0.1) is 0 Å². The molecule has 8 heteroatoms. The Morgan fingerprint density at radius 1 is 1.26 bits per heavy atom. The smallest absolute Gasteiger partial charge is 0.295 e. The van der Waals surface area contributed by atoms with E-state index in [1.54, 1.807) is 36.7 Å². The number of likely N-dealkylation sites (tertiary alicyclic amines) is 1. The summed E-state index contributed by atoms with van der Waals surface area (Å²) in [5, 5.41) is 11.5. The predicted octanol–water partition coefficient (Wildman–Crippen LogP) is 3.90. The highest BCUT2D eigenvalue weighted by Gasteiger charge is 2.46. The van der Waals surface area contributed by atoms with E-state index < -0.39 is 17.7 Å². The Bertz CT molecular complexity index is 1020. The summed E-state index contributed by atoms with van der Waals surface area (Å²) >= 11 is 6.29. The summed E-state index contributed by atoms with van der Waals surface area (Å²) in [5.41, 5.74) is 1.65. The maximum atomic E-state index is 13.0. The molecule has 1 amide bonds. The number of hydrogen-bond acceptors (Lipinski definition) is 6. The summed E-state index contributed by atoms with van der Waals surface area (Å²) in [6, 6.07) is 5.99. The monoisotopic (exact) mass is 444 g/mol. The third-order valence-electron chi connectivity index (χ3n) is 4.99. The first-order chi connectivity index (χ1) is 14.8. The zero-order valence-corrected chi connectivity index (χ0v) is 18.6. The van der Waals surface area contributed by atoms with E-state index in [1.165, 1.54) is 12.0 Å². The van der Waals surface area contributed by atoms with Crippen LogP contribution in [-0.4, -0.2) is 53.0 Å². The van der Waals surface area contributed by atoms with Crippen LogP contribution in [0.2, 0.25) is 5.02 Å². The molecule has 31 heavy (non-hydrogen) atoms. The van der Waals surface area contributed by atoms with E-state index in [1.807, 2.05) is 20.8 Å². The highest BCUT2D eigenvalue weighted by molar-refractivity contribution is 6.46. The Balaban J connectivity index is 2.17. The molecule has 1 fully saturated rings. The topological polar surface area (TPSA) is 89.0 Å². The fraction of sp³-hybridized carbons (Fsp3) is 0.348. The summed E-state index contributed by atoms with van der Waals surface area (Å²) < 4.78 is 11.0. The number of aryl methyl sites for hydroxylation is 1. The number of aliphatic hydroxyl groups is 1. The third kappa shape index (κ3) is 4.57. The zero-order valence-electron chi connectivity index (χ0n) is 17.9. The van der Waals surface area contributed by atoms with Gasteiger partial charge in [-0.3, -0.25) is 14.6 Å². The zero-order chi connectivity index (χ0) is 22.7. The standard InChI is InChI=1S/C23H25ClN2O5/c1-13(2)31-10-9-26-19(15-5-7-25-8-6-15)18(21(28)23(26)29)20(27)16-11-14(3)12-17(24)22(16)30-4/h5-8,11-13,19,27H,9-10H2,1-4H3/b20-18+. The minimum absolute atomic E-state index is 0.0186. The second-order valence-electron chi connectivity index (χ2n) is 7.52. The van der Waals surface area contributed by atoms with Gasteiger partial charge in [0.05, 0.1) is 42.0 Å². The SMILES string of the molecule is COc1c(Cl)cc(C)cc1/C(O)=C1\C(=O)C(=O)N(CCOC(C)C)C1c1ccncc1. The van der Waals surface area contributed by atoms with Crippen LogP contribution in [0.5, 0.6) is 5.75 Å². The van der Waals surface area contributed by atoms with Crippen molar-refractivity contribution in [2.45, 2.75) is 32.9 Å². The molecule has 1 aliphatic rings. The quantitative estimate of drug-likeness (QED) is 0.396. The van der Waals surface area contributed by atoms with Gasteiger partial charge in [0.15, 0.2) is 0 Å². The van der Waals surface area contributed by atoms with Crippen LogP contribution >= 0.6 is 11.6 Å². The van der Waals surface area contributed by atoms with Crippen LogP contribution in [0.25, 0.3) is 5.76 Å². The van der Waals surface area contributed by atoms with Crippen molar-refractivity contribution in [3.8, 4) is 5.75 Å². The van der Waals surface area contributed by atoms with Crippen LogP contribution in [0.1, 0.15) is 36.6 Å². The van der Waals surface area contributed by atoms with E-state index in [2.05, 4.69) is 4.98 Å². The predicted molar refractivity (Wildman–Crippen MR) is 117 cm³/mol. The summed E-state index contributed by atoms with van der Waals surface area (Å²) in [5.74, 6) is -1.58. The lowest BCUT2D eigenvalue weighted by molar-refractivity contribution is -0.140. The molecule has 1 N–H and O–H groups in total. The fourth-order valence-corrected chi connectivity index (χ4v) is 4.00. The van der Waals surface area contributed by atoms with Gasteiger partial charge in [0.25, 0.3) is 11.7 Å². The molecule has 0 bridgehead atoms. The van der Waals surface area contributed by atoms with E-state index in [4.69, 9.17) is 21.1 Å². The number of Topliss-reactive ketones (excluding diaryl/α,β-unsaturated/α-hetero) is 1. The average Bonchev–Trinajstić information content (AvgIpc) is 2.98. The van der Waals surface area contributed by atoms with Crippen molar-refractivity contribution in [2.24, 2.45) is 0 Å². The number of aliphatic hydroxyl groups excluding tert-OH is 1. The lowest BCUT2D eigenvalue weighted by Gasteiger charge is -2.25. The molecule has 1 aliphatic heterocycles. The second kappa shape index (κ2) is 9.49. The maximum Gasteiger partial charge on any atom is 0.295 e. The normalized spacial score (nSPS) is 18.1. The number of ketones is 1. The highest BCUT2D eigenvalue weighted by Crippen LogP contribution is 2.42. The van der Waals surface area contributed by atoms with Crippen molar-refractivity contribution in [2.75, 3.05) is 20.3 Å². The van der Waals surface area contributed by atoms with Gasteiger partial charge in [0.1, 0.15) is 11.5 Å². The van der Waals surface area contributed by atoms with Gasteiger partial charge in [0, 0.05) is 18.9 Å². The molecular formula is C23H25ClN2O5. The highest BCUT2D eigenvalue weighted by atomic mass is 35.5. The first kappa shape index (κ1) is 22.8. The Morgan fingerprint density at radius 3 is 2.55 bits per heavy atom. The van der Waals surface area contributed by atoms with Crippen molar-refractivity contribution >= 4 is 29.1 Å². The van der Waals surface area contributed by atoms with E-state index in [9.17, 15) is 14.7 Å². The van der Waals surface area contributed by atoms with E-state index in [-0.39, 0.29) is 41.9 Å². The number of aromatic nitrogens is 1. The molecule has 2 aromatic rings. The van der Waals surface area contributed by atoms with Crippen LogP contribution in [0.15, 0.2) is 42.2 Å². The Morgan fingerprint density at radius 2 is 1.94 bits per heavy atom. The Hall–Kier alpha value is -2.90. The molecule has 0 spiro atoms. The van der Waals surface area contributed by atoms with Gasteiger partial charge >= 0.3 is 0 Å². The summed E-state index contributed by atoms with van der Waals surface area (Å²) in [4.78, 5) is 31.4. The number of hydrogen-bond donors (Lipinski definition) is 1. The molecule has 1 saturated heterocycles. The number of ether oxygens (including phenoxy) is 2. The number of carbonyl (C=O) groups excluding carboxylic acids is 2. The van der Waals surface area contributed by atoms with E-state index in [0.29, 0.717) is 10.6 Å². The summed E-state index contributed by atoms with van der Waals surface area (Å²) in [7, 11) is 1.43. The fourth-order valence-electron chi connectivity index (χ4n) is 3.65. The molecule has 1 unspecified atom stereocenters. The molecule has 1 aromatic heterocycles. The van der Waals surface area contributed by atoms with Crippen molar-refractivity contribution in [1.82, 2.24) is 9.88 Å². The number of amides is 1. The molecule has 1 atom stereocenters. The minimum atomic E-state index is -0.789. The van der Waals surface area contributed by atoms with Crippen LogP contribution < -0.4 is 4.74 Å². The first-order valence-electron chi connectivity index (χ1n) is 9.90. The van der Waals surface area contributed by atoms with Crippen molar-refractivity contribution < 1.29 is 24.2 Å². The van der Waals surface area contributed by atoms with Crippen LogP contribution in [0.4, 0.5) is 0 Å². The Kier molecular flexibility index (Phi) is 6.97. The molecule has 3 rings (SSSR count). The van der Waals surface area contributed by atoms with Gasteiger partial charge in [-0.1, -0.05) is 11.6 Å². The first-order valence-corrected chi connectivity index (χ1v) is 10.3. The van der Waals surface area contributed by atoms with Gasteiger partial charge in [-0.05, 0) is 56.2 Å². The van der Waals surface area contributed by atoms with Crippen LogP contribution in [-0.2, 0) is 14.3 Å². The molecule has 1 aromatic carbocycles. The molecule has 0 aliphatic carbocycles. The number of rotatable bonds is 7. The maximum absolute atomic E-state index is 13.0. The number of nitrogens with zero attached hydrogens (tertiary/aromatic N) is 2. The van der Waals surface area contributed by atoms with Gasteiger partial charge in [0.2, 0.25) is 0 Å². The largest absolute Gasteiger partial charge is 0.507 e. The average molecular weight is 445 g/mol. The number of pyridine rings is 1. The summed E-state index contributed by atoms with van der Waals surface area (Å²) in [6.45, 7) is 6.04. The lowest BCUT2D eigenvalue weighted by atomic mass is 9.95. The number of carbonyl (C=O) groups is 2. The Labute approximate surface area is 186 Å². The van der Waals surface area contributed by atoms with Crippen LogP contribution in [0, 0.1) is 6.92 Å². The second-order valence-corrected chi connectivity index (χ2v) is 7.93. The number of benzene rings is 1. The van der Waals surface area contributed by atoms with Crippen LogP contribution in [0.3, 0.4) is 0 Å². The van der Waals surface area contributed by atoms with Gasteiger partial charge in [-0.25, -0.2) is 0 Å². The molecular weight excluding hydrogens is 420 g/mol. The van der Waals surface area contributed by atoms with E-state index in [0.717, 1.165) is 5.56 Å². The lowest BCUT2D eigenvalue weighted by Crippen LogP contribution is -2.33. The van der Waals surface area contributed by atoms with Crippen molar-refractivity contribution in [1.29, 1.82) is 0 Å². The molecule has 7 nitrogen and oxygen atoms in total. The molecule has 2 heterocycles. The van der Waals surface area contributed by atoms with E-state index >= 15 is 0 Å². The minimum Gasteiger partial charge on any atom is -0.507 e. The molecule has 0 saturated carbocycles. The molecule has 164 valence electrons. The number of methoxy groups -OCH3 is 1. The number of halogens is 1. The van der Waals surface area contributed by atoms with Crippen molar-refractivity contribution in [3.63, 3.8) is 0 Å². The van der Waals surface area contributed by atoms with Gasteiger partial charge < -0.3 is 19.5 Å². The molecule has 0 radical (unpaired) electrons. The third-order valence-corrected chi connectivity index (χ3v) is 5.27.